The van der Waals surface area contributed by atoms with E-state index in [1.165, 1.54) is 0 Å². The van der Waals surface area contributed by atoms with E-state index in [2.05, 4.69) is 10.0 Å². The van der Waals surface area contributed by atoms with Crippen molar-refractivity contribution in [1.29, 1.82) is 0 Å². The van der Waals surface area contributed by atoms with E-state index < -0.39 is 10.0 Å². The fourth-order valence-electron chi connectivity index (χ4n) is 1.27. The van der Waals surface area contributed by atoms with Gasteiger partial charge in [0.15, 0.2) is 0 Å². The Morgan fingerprint density at radius 1 is 1.06 bits per heavy atom. The van der Waals surface area contributed by atoms with E-state index in [4.69, 9.17) is 4.74 Å². The van der Waals surface area contributed by atoms with Crippen molar-refractivity contribution in [2.24, 2.45) is 0 Å². The lowest BCUT2D eigenvalue weighted by Crippen LogP contribution is -2.27. The summed E-state index contributed by atoms with van der Waals surface area (Å²) in [5, 5.41) is 2.99. The molecule has 0 aromatic carbocycles. The van der Waals surface area contributed by atoms with Crippen LogP contribution in [0.4, 0.5) is 0 Å². The molecule has 0 atom stereocenters. The van der Waals surface area contributed by atoms with Crippen molar-refractivity contribution < 1.29 is 13.2 Å². The van der Waals surface area contributed by atoms with E-state index in [9.17, 15) is 8.42 Å². The molecule has 0 spiro atoms. The average molecular weight is 252 g/mol. The summed E-state index contributed by atoms with van der Waals surface area (Å²) >= 11 is 0. The molecule has 5 nitrogen and oxygen atoms in total. The average Bonchev–Trinajstić information content (AvgIpc) is 2.24. The number of ether oxygens (including phenoxy) is 1. The molecular formula is C10H24N2O3S. The quantitative estimate of drug-likeness (QED) is 0.520. The van der Waals surface area contributed by atoms with Crippen LogP contribution in [0.1, 0.15) is 25.7 Å². The molecule has 0 aliphatic rings. The maximum absolute atomic E-state index is 11.5. The first-order chi connectivity index (χ1) is 7.62. The molecule has 0 heterocycles. The first-order valence-electron chi connectivity index (χ1n) is 5.73. The fraction of sp³-hybridized carbons (Fsp3) is 1.00. The maximum Gasteiger partial charge on any atom is 0.211 e. The SMILES string of the molecule is CNCCCCS(=O)(=O)NCCCCOC. The van der Waals surface area contributed by atoms with Crippen molar-refractivity contribution in [3.63, 3.8) is 0 Å². The Labute approximate surface area is 99.0 Å². The Hall–Kier alpha value is -0.170. The molecule has 0 saturated heterocycles. The molecule has 98 valence electrons. The Morgan fingerprint density at radius 3 is 2.38 bits per heavy atom. The summed E-state index contributed by atoms with van der Waals surface area (Å²) in [4.78, 5) is 0. The van der Waals surface area contributed by atoms with Crippen LogP contribution in [0.5, 0.6) is 0 Å². The van der Waals surface area contributed by atoms with Crippen molar-refractivity contribution in [2.75, 3.05) is 39.6 Å². The summed E-state index contributed by atoms with van der Waals surface area (Å²) in [5.41, 5.74) is 0. The lowest BCUT2D eigenvalue weighted by atomic mass is 10.3. The number of hydrogen-bond acceptors (Lipinski definition) is 4. The van der Waals surface area contributed by atoms with Crippen LogP contribution < -0.4 is 10.0 Å². The molecule has 6 heteroatoms. The van der Waals surface area contributed by atoms with E-state index in [-0.39, 0.29) is 5.75 Å². The second kappa shape index (κ2) is 10.0. The van der Waals surface area contributed by atoms with Gasteiger partial charge in [0, 0.05) is 20.3 Å². The summed E-state index contributed by atoms with van der Waals surface area (Å²) < 4.78 is 30.4. The molecule has 0 aromatic rings. The molecule has 0 aromatic heterocycles. The van der Waals surface area contributed by atoms with Gasteiger partial charge >= 0.3 is 0 Å². The van der Waals surface area contributed by atoms with Crippen molar-refractivity contribution in [1.82, 2.24) is 10.0 Å². The zero-order valence-electron chi connectivity index (χ0n) is 10.3. The molecule has 0 fully saturated rings. The molecule has 0 saturated carbocycles. The molecule has 0 bridgehead atoms. The molecule has 2 N–H and O–H groups in total. The number of rotatable bonds is 11. The normalized spacial score (nSPS) is 11.9. The van der Waals surface area contributed by atoms with Crippen LogP contribution in [0.3, 0.4) is 0 Å². The van der Waals surface area contributed by atoms with E-state index in [1.54, 1.807) is 7.11 Å². The van der Waals surface area contributed by atoms with Crippen LogP contribution in [0.2, 0.25) is 0 Å². The van der Waals surface area contributed by atoms with E-state index in [0.29, 0.717) is 19.6 Å². The molecule has 16 heavy (non-hydrogen) atoms. The Bertz CT molecular complexity index is 242. The number of methoxy groups -OCH3 is 1. The second-order valence-corrected chi connectivity index (χ2v) is 5.65. The molecule has 0 aliphatic carbocycles. The Kier molecular flexibility index (Phi) is 9.91. The highest BCUT2D eigenvalue weighted by Gasteiger charge is 2.08. The Morgan fingerprint density at radius 2 is 1.75 bits per heavy atom. The molecule has 0 aliphatic heterocycles. The topological polar surface area (TPSA) is 67.4 Å². The fourth-order valence-corrected chi connectivity index (χ4v) is 2.45. The minimum absolute atomic E-state index is 0.221. The van der Waals surface area contributed by atoms with Crippen LogP contribution in [-0.4, -0.2) is 48.0 Å². The summed E-state index contributed by atoms with van der Waals surface area (Å²) in [6.07, 6.45) is 3.30. The van der Waals surface area contributed by atoms with E-state index in [0.717, 1.165) is 25.8 Å². The number of unbranched alkanes of at least 4 members (excludes halogenated alkanes) is 2. The van der Waals surface area contributed by atoms with Crippen molar-refractivity contribution >= 4 is 10.0 Å². The van der Waals surface area contributed by atoms with Gasteiger partial charge in [-0.15, -0.1) is 0 Å². The number of sulfonamides is 1. The highest BCUT2D eigenvalue weighted by atomic mass is 32.2. The smallest absolute Gasteiger partial charge is 0.211 e. The number of hydrogen-bond donors (Lipinski definition) is 2. The van der Waals surface area contributed by atoms with Crippen molar-refractivity contribution in [3.05, 3.63) is 0 Å². The summed E-state index contributed by atoms with van der Waals surface area (Å²) in [6, 6.07) is 0. The summed E-state index contributed by atoms with van der Waals surface area (Å²) in [6.45, 7) is 2.06. The van der Waals surface area contributed by atoms with E-state index >= 15 is 0 Å². The van der Waals surface area contributed by atoms with Gasteiger partial charge in [-0.1, -0.05) is 0 Å². The lowest BCUT2D eigenvalue weighted by molar-refractivity contribution is 0.193. The first-order valence-corrected chi connectivity index (χ1v) is 7.38. The predicted octanol–water partition coefficient (Wildman–Crippen LogP) is 0.332. The molecular weight excluding hydrogens is 228 g/mol. The van der Waals surface area contributed by atoms with Gasteiger partial charge in [0.25, 0.3) is 0 Å². The molecule has 0 radical (unpaired) electrons. The van der Waals surface area contributed by atoms with Crippen LogP contribution >= 0.6 is 0 Å². The third kappa shape index (κ3) is 10.4. The zero-order chi connectivity index (χ0) is 12.3. The maximum atomic E-state index is 11.5. The van der Waals surface area contributed by atoms with Crippen LogP contribution in [0.25, 0.3) is 0 Å². The van der Waals surface area contributed by atoms with Gasteiger partial charge in [-0.25, -0.2) is 13.1 Å². The molecule has 0 unspecified atom stereocenters. The standard InChI is InChI=1S/C10H24N2O3S/c1-11-7-4-6-10-16(13,14)12-8-3-5-9-15-2/h11-12H,3-10H2,1-2H3. The van der Waals surface area contributed by atoms with Crippen LogP contribution in [-0.2, 0) is 14.8 Å². The molecule has 0 rings (SSSR count). The van der Waals surface area contributed by atoms with Gasteiger partial charge in [0.1, 0.15) is 0 Å². The third-order valence-corrected chi connectivity index (χ3v) is 3.66. The highest BCUT2D eigenvalue weighted by molar-refractivity contribution is 7.89. The Balaban J connectivity index is 3.47. The zero-order valence-corrected chi connectivity index (χ0v) is 11.1. The third-order valence-electron chi connectivity index (χ3n) is 2.19. The lowest BCUT2D eigenvalue weighted by Gasteiger charge is -2.06. The van der Waals surface area contributed by atoms with Crippen LogP contribution in [0.15, 0.2) is 0 Å². The van der Waals surface area contributed by atoms with Gasteiger partial charge in [0.2, 0.25) is 10.0 Å². The first kappa shape index (κ1) is 15.8. The summed E-state index contributed by atoms with van der Waals surface area (Å²) in [5.74, 6) is 0.221. The minimum atomic E-state index is -3.07. The van der Waals surface area contributed by atoms with Crippen molar-refractivity contribution in [3.8, 4) is 0 Å². The van der Waals surface area contributed by atoms with Gasteiger partial charge in [-0.05, 0) is 39.3 Å². The highest BCUT2D eigenvalue weighted by Crippen LogP contribution is 1.95. The monoisotopic (exact) mass is 252 g/mol. The van der Waals surface area contributed by atoms with Gasteiger partial charge in [-0.2, -0.15) is 0 Å². The van der Waals surface area contributed by atoms with Crippen molar-refractivity contribution in [2.45, 2.75) is 25.7 Å². The minimum Gasteiger partial charge on any atom is -0.385 e. The van der Waals surface area contributed by atoms with Gasteiger partial charge < -0.3 is 10.1 Å². The predicted molar refractivity (Wildman–Crippen MR) is 66.1 cm³/mol. The molecule has 0 amide bonds. The largest absolute Gasteiger partial charge is 0.385 e. The van der Waals surface area contributed by atoms with Gasteiger partial charge in [0.05, 0.1) is 5.75 Å². The summed E-state index contributed by atoms with van der Waals surface area (Å²) in [7, 11) is 0.441. The number of nitrogens with one attached hydrogen (secondary N) is 2. The van der Waals surface area contributed by atoms with E-state index in [1.807, 2.05) is 7.05 Å². The van der Waals surface area contributed by atoms with Gasteiger partial charge in [-0.3, -0.25) is 0 Å². The van der Waals surface area contributed by atoms with Crippen LogP contribution in [0, 0.1) is 0 Å². The second-order valence-electron chi connectivity index (χ2n) is 3.72.